The molecular formula is C20H16ClN3O3S. The lowest BCUT2D eigenvalue weighted by molar-refractivity contribution is -0.119. The predicted molar refractivity (Wildman–Crippen MR) is 113 cm³/mol. The third-order valence-corrected chi connectivity index (χ3v) is 4.13. The lowest BCUT2D eigenvalue weighted by atomic mass is 10.1. The number of rotatable bonds is 5. The zero-order chi connectivity index (χ0) is 19.9. The van der Waals surface area contributed by atoms with E-state index in [1.807, 2.05) is 0 Å². The molecule has 28 heavy (non-hydrogen) atoms. The Hall–Kier alpha value is -3.16. The highest BCUT2D eigenvalue weighted by Gasteiger charge is 2.09. The topological polar surface area (TPSA) is 83.4 Å². The van der Waals surface area contributed by atoms with E-state index in [9.17, 15) is 9.59 Å². The third kappa shape index (κ3) is 5.67. The molecule has 2 amide bonds. The summed E-state index contributed by atoms with van der Waals surface area (Å²) in [5.41, 5.74) is 2.11. The Kier molecular flexibility index (Phi) is 6.41. The smallest absolute Gasteiger partial charge is 0.291 e. The van der Waals surface area contributed by atoms with Crippen molar-refractivity contribution in [1.29, 1.82) is 0 Å². The molecule has 8 heteroatoms. The zero-order valence-corrected chi connectivity index (χ0v) is 16.1. The summed E-state index contributed by atoms with van der Waals surface area (Å²) >= 11 is 11.0. The third-order valence-electron chi connectivity index (χ3n) is 3.68. The first-order valence-corrected chi connectivity index (χ1v) is 9.08. The van der Waals surface area contributed by atoms with Crippen LogP contribution >= 0.6 is 23.8 Å². The number of nitrogens with one attached hydrogen (secondary N) is 3. The molecule has 0 bridgehead atoms. The second-order valence-corrected chi connectivity index (χ2v) is 6.66. The van der Waals surface area contributed by atoms with E-state index in [1.54, 1.807) is 60.7 Å². The van der Waals surface area contributed by atoms with E-state index in [4.69, 9.17) is 28.2 Å². The Morgan fingerprint density at radius 3 is 2.18 bits per heavy atom. The highest BCUT2D eigenvalue weighted by atomic mass is 35.5. The predicted octanol–water partition coefficient (Wildman–Crippen LogP) is 4.24. The normalized spacial score (nSPS) is 10.2. The molecule has 0 spiro atoms. The molecule has 0 radical (unpaired) electrons. The van der Waals surface area contributed by atoms with E-state index in [0.29, 0.717) is 16.4 Å². The molecule has 0 fully saturated rings. The van der Waals surface area contributed by atoms with Gasteiger partial charge in [0.2, 0.25) is 5.91 Å². The fourth-order valence-electron chi connectivity index (χ4n) is 2.36. The molecule has 0 unspecified atom stereocenters. The highest BCUT2D eigenvalue weighted by Crippen LogP contribution is 2.15. The number of hydrogen-bond acceptors (Lipinski definition) is 4. The van der Waals surface area contributed by atoms with Crippen LogP contribution in [0, 0.1) is 0 Å². The molecule has 3 N–H and O–H groups in total. The maximum Gasteiger partial charge on any atom is 0.291 e. The molecule has 142 valence electrons. The van der Waals surface area contributed by atoms with E-state index in [1.165, 1.54) is 6.26 Å². The van der Waals surface area contributed by atoms with Gasteiger partial charge in [-0.3, -0.25) is 9.59 Å². The fraction of sp³-hybridized carbons (Fsp3) is 0.0500. The van der Waals surface area contributed by atoms with Gasteiger partial charge in [0.25, 0.3) is 5.91 Å². The van der Waals surface area contributed by atoms with Crippen LogP contribution in [0.25, 0.3) is 0 Å². The van der Waals surface area contributed by atoms with Gasteiger partial charge in [-0.25, -0.2) is 0 Å². The molecule has 0 saturated heterocycles. The molecule has 0 aliphatic carbocycles. The van der Waals surface area contributed by atoms with Crippen LogP contribution in [0.2, 0.25) is 5.02 Å². The lowest BCUT2D eigenvalue weighted by Crippen LogP contribution is -2.35. The second-order valence-electron chi connectivity index (χ2n) is 5.81. The Balaban J connectivity index is 1.49. The molecule has 3 aromatic rings. The van der Waals surface area contributed by atoms with E-state index in [0.717, 1.165) is 5.56 Å². The number of furan rings is 1. The maximum absolute atomic E-state index is 12.1. The molecule has 1 heterocycles. The zero-order valence-electron chi connectivity index (χ0n) is 14.6. The maximum atomic E-state index is 12.1. The number of anilines is 2. The number of halogens is 1. The first-order valence-electron chi connectivity index (χ1n) is 8.30. The van der Waals surface area contributed by atoms with Crippen LogP contribution in [-0.2, 0) is 11.2 Å². The standard InChI is InChI=1S/C20H16ClN3O3S/c21-14-5-3-13(4-6-14)12-18(25)24-20(28)23-16-9-7-15(8-10-16)22-19(26)17-2-1-11-27-17/h1-11H,12H2,(H,22,26)(H2,23,24,25,28). The molecule has 0 saturated carbocycles. The van der Waals surface area contributed by atoms with Crippen molar-refractivity contribution in [2.75, 3.05) is 10.6 Å². The first kappa shape index (κ1) is 19.6. The number of carbonyl (C=O) groups excluding carboxylic acids is 2. The minimum atomic E-state index is -0.337. The number of benzene rings is 2. The molecule has 6 nitrogen and oxygen atoms in total. The Bertz CT molecular complexity index is 971. The van der Waals surface area contributed by atoms with Crippen molar-refractivity contribution >= 4 is 52.1 Å². The van der Waals surface area contributed by atoms with E-state index in [2.05, 4.69) is 16.0 Å². The Labute approximate surface area is 171 Å². The molecule has 0 aliphatic rings. The molecule has 3 rings (SSSR count). The van der Waals surface area contributed by atoms with Gasteiger partial charge in [0, 0.05) is 16.4 Å². The summed E-state index contributed by atoms with van der Waals surface area (Å²) in [5, 5.41) is 9.06. The van der Waals surface area contributed by atoms with Crippen molar-refractivity contribution in [2.24, 2.45) is 0 Å². The molecular weight excluding hydrogens is 398 g/mol. The number of carbonyl (C=O) groups is 2. The van der Waals surface area contributed by atoms with Crippen LogP contribution in [0.1, 0.15) is 16.1 Å². The van der Waals surface area contributed by atoms with Crippen LogP contribution in [0.3, 0.4) is 0 Å². The van der Waals surface area contributed by atoms with E-state index >= 15 is 0 Å². The summed E-state index contributed by atoms with van der Waals surface area (Å²) in [6.07, 6.45) is 1.63. The lowest BCUT2D eigenvalue weighted by Gasteiger charge is -2.10. The average Bonchev–Trinajstić information content (AvgIpc) is 3.20. The van der Waals surface area contributed by atoms with Gasteiger partial charge >= 0.3 is 0 Å². The van der Waals surface area contributed by atoms with Crippen molar-refractivity contribution < 1.29 is 14.0 Å². The number of thiocarbonyl (C=S) groups is 1. The fourth-order valence-corrected chi connectivity index (χ4v) is 2.72. The SMILES string of the molecule is O=C(Cc1ccc(Cl)cc1)NC(=S)Nc1ccc(NC(=O)c2ccco2)cc1. The summed E-state index contributed by atoms with van der Waals surface area (Å²) in [7, 11) is 0. The van der Waals surface area contributed by atoms with Gasteiger partial charge in [0.1, 0.15) is 0 Å². The molecule has 0 atom stereocenters. The summed E-state index contributed by atoms with van der Waals surface area (Å²) in [5.74, 6) is -0.343. The monoisotopic (exact) mass is 413 g/mol. The molecule has 0 aliphatic heterocycles. The summed E-state index contributed by atoms with van der Waals surface area (Å²) < 4.78 is 5.04. The van der Waals surface area contributed by atoms with Crippen molar-refractivity contribution in [2.45, 2.75) is 6.42 Å². The average molecular weight is 414 g/mol. The summed E-state index contributed by atoms with van der Waals surface area (Å²) in [6, 6.07) is 17.1. The highest BCUT2D eigenvalue weighted by molar-refractivity contribution is 7.80. The van der Waals surface area contributed by atoms with E-state index < -0.39 is 0 Å². The van der Waals surface area contributed by atoms with Crippen LogP contribution in [0.15, 0.2) is 71.3 Å². The van der Waals surface area contributed by atoms with E-state index in [-0.39, 0.29) is 29.1 Å². The number of hydrogen-bond donors (Lipinski definition) is 3. The largest absolute Gasteiger partial charge is 0.459 e. The minimum Gasteiger partial charge on any atom is -0.459 e. The van der Waals surface area contributed by atoms with Gasteiger partial charge in [0.15, 0.2) is 10.9 Å². The van der Waals surface area contributed by atoms with Crippen molar-refractivity contribution in [3.05, 3.63) is 83.3 Å². The second kappa shape index (κ2) is 9.16. The van der Waals surface area contributed by atoms with Gasteiger partial charge in [-0.1, -0.05) is 23.7 Å². The Morgan fingerprint density at radius 1 is 0.929 bits per heavy atom. The van der Waals surface area contributed by atoms with Crippen molar-refractivity contribution in [3.8, 4) is 0 Å². The Morgan fingerprint density at radius 2 is 1.57 bits per heavy atom. The van der Waals surface area contributed by atoms with Crippen LogP contribution < -0.4 is 16.0 Å². The van der Waals surface area contributed by atoms with Gasteiger partial charge in [-0.05, 0) is 66.3 Å². The summed E-state index contributed by atoms with van der Waals surface area (Å²) in [4.78, 5) is 24.0. The van der Waals surface area contributed by atoms with Crippen molar-refractivity contribution in [3.63, 3.8) is 0 Å². The van der Waals surface area contributed by atoms with Gasteiger partial charge in [-0.2, -0.15) is 0 Å². The molecule has 2 aromatic carbocycles. The quantitative estimate of drug-likeness (QED) is 0.545. The van der Waals surface area contributed by atoms with Crippen LogP contribution in [-0.4, -0.2) is 16.9 Å². The van der Waals surface area contributed by atoms with Gasteiger partial charge in [0.05, 0.1) is 12.7 Å². The van der Waals surface area contributed by atoms with Gasteiger partial charge in [-0.15, -0.1) is 0 Å². The van der Waals surface area contributed by atoms with Gasteiger partial charge < -0.3 is 20.4 Å². The van der Waals surface area contributed by atoms with Crippen LogP contribution in [0.5, 0.6) is 0 Å². The minimum absolute atomic E-state index is 0.186. The summed E-state index contributed by atoms with van der Waals surface area (Å²) in [6.45, 7) is 0. The molecule has 1 aromatic heterocycles. The van der Waals surface area contributed by atoms with Crippen LogP contribution in [0.4, 0.5) is 11.4 Å². The first-order chi connectivity index (χ1) is 13.5. The number of amides is 2. The van der Waals surface area contributed by atoms with Crippen molar-refractivity contribution in [1.82, 2.24) is 5.32 Å².